The first kappa shape index (κ1) is 27.5. The Balaban J connectivity index is 1.51. The topological polar surface area (TPSA) is 60.7 Å². The molecule has 0 bridgehead atoms. The van der Waals surface area contributed by atoms with Crippen molar-refractivity contribution in [3.05, 3.63) is 47.1 Å². The summed E-state index contributed by atoms with van der Waals surface area (Å²) in [6.07, 6.45) is 0.484. The van der Waals surface area contributed by atoms with Crippen LogP contribution < -0.4 is 0 Å². The van der Waals surface area contributed by atoms with Crippen molar-refractivity contribution in [3.63, 3.8) is 0 Å². The molecule has 3 N–H and O–H groups in total. The normalized spacial score (nSPS) is 35.4. The lowest BCUT2D eigenvalue weighted by Crippen LogP contribution is -2.55. The van der Waals surface area contributed by atoms with Crippen LogP contribution in [0.4, 0.5) is 26.3 Å². The van der Waals surface area contributed by atoms with Crippen molar-refractivity contribution in [2.45, 2.75) is 101 Å². The first-order valence-electron chi connectivity index (χ1n) is 12.6. The van der Waals surface area contributed by atoms with Crippen molar-refractivity contribution < 1.29 is 41.7 Å². The minimum atomic E-state index is -5.86. The molecule has 4 atom stereocenters. The van der Waals surface area contributed by atoms with Crippen LogP contribution in [-0.2, 0) is 0 Å². The van der Waals surface area contributed by atoms with Gasteiger partial charge in [-0.2, -0.15) is 26.3 Å². The van der Waals surface area contributed by atoms with Gasteiger partial charge >= 0.3 is 12.4 Å². The summed E-state index contributed by atoms with van der Waals surface area (Å²) >= 11 is 0. The Morgan fingerprint density at radius 3 is 2.14 bits per heavy atom. The average molecular weight is 521 g/mol. The fraction of sp³-hybridized carbons (Fsp3) is 0.704. The zero-order valence-electron chi connectivity index (χ0n) is 20.3. The largest absolute Gasteiger partial charge is 0.429 e. The van der Waals surface area contributed by atoms with Gasteiger partial charge in [0.05, 0.1) is 12.2 Å². The third-order valence-corrected chi connectivity index (χ3v) is 8.78. The Kier molecular flexibility index (Phi) is 7.10. The number of allylic oxidation sites excluding steroid dienone is 6. The summed E-state index contributed by atoms with van der Waals surface area (Å²) in [4.78, 5) is 0. The van der Waals surface area contributed by atoms with Crippen LogP contribution in [0.1, 0.15) is 71.1 Å². The maximum atomic E-state index is 13.0. The van der Waals surface area contributed by atoms with Gasteiger partial charge in [0.25, 0.3) is 5.60 Å². The minimum Gasteiger partial charge on any atom is -0.393 e. The lowest BCUT2D eigenvalue weighted by atomic mass is 9.61. The van der Waals surface area contributed by atoms with Crippen molar-refractivity contribution in [2.75, 3.05) is 0 Å². The predicted octanol–water partition coefficient (Wildman–Crippen LogP) is 6.46. The van der Waals surface area contributed by atoms with Crippen molar-refractivity contribution in [2.24, 2.45) is 16.7 Å². The molecular formula is C27H34F6O3. The Morgan fingerprint density at radius 2 is 1.58 bits per heavy atom. The van der Waals surface area contributed by atoms with E-state index < -0.39 is 35.6 Å². The highest BCUT2D eigenvalue weighted by Gasteiger charge is 2.69. The molecule has 202 valence electrons. The van der Waals surface area contributed by atoms with Gasteiger partial charge in [0.15, 0.2) is 0 Å². The Bertz CT molecular complexity index is 943. The second kappa shape index (κ2) is 9.31. The molecule has 0 aromatic carbocycles. The molecule has 9 heteroatoms. The monoisotopic (exact) mass is 520 g/mol. The molecule has 0 aromatic heterocycles. The number of alkyl halides is 6. The number of hydrogen-bond acceptors (Lipinski definition) is 3. The van der Waals surface area contributed by atoms with E-state index in [1.54, 1.807) is 0 Å². The van der Waals surface area contributed by atoms with Crippen LogP contribution in [-0.4, -0.2) is 45.5 Å². The second-order valence-electron chi connectivity index (χ2n) is 11.3. The molecule has 0 spiro atoms. The summed E-state index contributed by atoms with van der Waals surface area (Å²) in [5.41, 5.74) is -2.17. The van der Waals surface area contributed by atoms with Crippen LogP contribution in [0.15, 0.2) is 47.1 Å². The van der Waals surface area contributed by atoms with Crippen LogP contribution in [0.3, 0.4) is 0 Å². The molecule has 1 unspecified atom stereocenters. The molecular weight excluding hydrogens is 486 g/mol. The molecule has 3 saturated carbocycles. The van der Waals surface area contributed by atoms with Gasteiger partial charge in [-0.3, -0.25) is 0 Å². The maximum Gasteiger partial charge on any atom is 0.429 e. The van der Waals surface area contributed by atoms with E-state index in [4.69, 9.17) is 0 Å². The van der Waals surface area contributed by atoms with E-state index in [9.17, 15) is 41.7 Å². The number of halogens is 6. The van der Waals surface area contributed by atoms with Gasteiger partial charge < -0.3 is 15.3 Å². The molecule has 36 heavy (non-hydrogen) atoms. The summed E-state index contributed by atoms with van der Waals surface area (Å²) in [6, 6.07) is 0. The molecule has 0 radical (unpaired) electrons. The quantitative estimate of drug-likeness (QED) is 0.288. The van der Waals surface area contributed by atoms with E-state index in [1.807, 2.05) is 6.08 Å². The number of rotatable bonds is 5. The zero-order valence-corrected chi connectivity index (χ0v) is 20.3. The highest BCUT2D eigenvalue weighted by molar-refractivity contribution is 5.40. The molecule has 0 saturated heterocycles. The third-order valence-electron chi connectivity index (χ3n) is 8.78. The van der Waals surface area contributed by atoms with Crippen LogP contribution >= 0.6 is 0 Å². The van der Waals surface area contributed by atoms with Crippen LogP contribution in [0, 0.1) is 16.7 Å². The molecule has 3 nitrogen and oxygen atoms in total. The predicted molar refractivity (Wildman–Crippen MR) is 123 cm³/mol. The summed E-state index contributed by atoms with van der Waals surface area (Å²) in [5, 5.41) is 29.3. The van der Waals surface area contributed by atoms with E-state index in [-0.39, 0.29) is 23.8 Å². The molecule has 4 aliphatic rings. The number of aliphatic hydroxyl groups excluding tert-OH is 2. The van der Waals surface area contributed by atoms with E-state index >= 15 is 0 Å². The number of aliphatic hydroxyl groups is 3. The Labute approximate surface area is 207 Å². The lowest BCUT2D eigenvalue weighted by Gasteiger charge is -2.43. The van der Waals surface area contributed by atoms with Crippen molar-refractivity contribution in [1.29, 1.82) is 0 Å². The van der Waals surface area contributed by atoms with Crippen LogP contribution in [0.2, 0.25) is 0 Å². The minimum absolute atomic E-state index is 0.0223. The first-order valence-corrected chi connectivity index (χ1v) is 12.6. The van der Waals surface area contributed by atoms with Gasteiger partial charge in [-0.25, -0.2) is 0 Å². The highest BCUT2D eigenvalue weighted by atomic mass is 19.4. The molecule has 0 aliphatic heterocycles. The smallest absolute Gasteiger partial charge is 0.393 e. The SMILES string of the molecule is C[C@]12CCC/C(=C\C=C3\CC(O)C[C@H](O)C3)[C@@H]1CC=C2C1(C/C=C\C(O)(C(F)(F)F)C(F)(F)F)CC1. The highest BCUT2D eigenvalue weighted by Crippen LogP contribution is 2.67. The number of hydrogen-bond donors (Lipinski definition) is 3. The fourth-order valence-corrected chi connectivity index (χ4v) is 6.71. The molecule has 0 heterocycles. The zero-order chi connectivity index (χ0) is 26.6. The first-order chi connectivity index (χ1) is 16.6. The van der Waals surface area contributed by atoms with E-state index in [0.29, 0.717) is 32.1 Å². The molecule has 0 amide bonds. The van der Waals surface area contributed by atoms with E-state index in [2.05, 4.69) is 19.1 Å². The van der Waals surface area contributed by atoms with Gasteiger partial charge in [-0.05, 0) is 87.0 Å². The number of fused-ring (bicyclic) bond motifs is 1. The van der Waals surface area contributed by atoms with E-state index in [0.717, 1.165) is 42.9 Å². The van der Waals surface area contributed by atoms with Crippen molar-refractivity contribution in [3.8, 4) is 0 Å². The lowest BCUT2D eigenvalue weighted by molar-refractivity contribution is -0.347. The van der Waals surface area contributed by atoms with Gasteiger partial charge in [0.2, 0.25) is 0 Å². The van der Waals surface area contributed by atoms with Crippen molar-refractivity contribution in [1.82, 2.24) is 0 Å². The van der Waals surface area contributed by atoms with Gasteiger partial charge in [-0.1, -0.05) is 47.9 Å². The standard InChI is InChI=1S/C27H34F6O3/c1-23-9-2-4-18(6-5-17-14-19(34)16-20(35)15-17)21(23)7-8-22(23)24(12-13-24)10-3-11-25(36,26(28,29)30)27(31,32)33/h3,5-6,8,11,19-21,34-36H,2,4,7,9-10,12-16H2,1H3/b11-3-,17-5-,18-6+/t19?,20-,21+,23+/m1/s1. The Morgan fingerprint density at radius 1 is 0.972 bits per heavy atom. The van der Waals surface area contributed by atoms with Crippen molar-refractivity contribution >= 4 is 0 Å². The van der Waals surface area contributed by atoms with Gasteiger partial charge in [0, 0.05) is 0 Å². The second-order valence-corrected chi connectivity index (χ2v) is 11.3. The van der Waals surface area contributed by atoms with Crippen LogP contribution in [0.25, 0.3) is 0 Å². The maximum absolute atomic E-state index is 13.0. The molecule has 3 fully saturated rings. The van der Waals surface area contributed by atoms with Gasteiger partial charge in [-0.15, -0.1) is 0 Å². The molecule has 0 aromatic rings. The molecule has 4 aliphatic carbocycles. The van der Waals surface area contributed by atoms with Crippen LogP contribution in [0.5, 0.6) is 0 Å². The third kappa shape index (κ3) is 4.95. The summed E-state index contributed by atoms with van der Waals surface area (Å²) in [7, 11) is 0. The summed E-state index contributed by atoms with van der Waals surface area (Å²) < 4.78 is 78.2. The Hall–Kier alpha value is -1.58. The summed E-state index contributed by atoms with van der Waals surface area (Å²) in [5.74, 6) is 0.209. The fourth-order valence-electron chi connectivity index (χ4n) is 6.71. The average Bonchev–Trinajstić information content (AvgIpc) is 3.42. The van der Waals surface area contributed by atoms with E-state index in [1.165, 1.54) is 5.57 Å². The molecule has 4 rings (SSSR count). The summed E-state index contributed by atoms with van der Waals surface area (Å²) in [6.45, 7) is 2.15. The van der Waals surface area contributed by atoms with Gasteiger partial charge in [0.1, 0.15) is 0 Å².